The highest BCUT2D eigenvalue weighted by molar-refractivity contribution is 5.79. The molecule has 1 aromatic heterocycles. The van der Waals surface area contributed by atoms with Gasteiger partial charge < -0.3 is 14.1 Å². The number of methoxy groups -OCH3 is 1. The van der Waals surface area contributed by atoms with Crippen LogP contribution in [0.2, 0.25) is 0 Å². The number of aromatic nitrogens is 1. The minimum atomic E-state index is 0.154. The van der Waals surface area contributed by atoms with Crippen LogP contribution in [0.25, 0.3) is 11.5 Å². The molecule has 3 saturated heterocycles. The minimum absolute atomic E-state index is 0.154. The van der Waals surface area contributed by atoms with Crippen LogP contribution in [0.1, 0.15) is 24.3 Å². The van der Waals surface area contributed by atoms with E-state index < -0.39 is 0 Å². The topological polar surface area (TPSA) is 58.8 Å². The Labute approximate surface area is 166 Å². The molecule has 3 aliphatic rings. The summed E-state index contributed by atoms with van der Waals surface area (Å²) in [6.45, 7) is 6.31. The molecule has 2 aromatic rings. The second kappa shape index (κ2) is 8.45. The van der Waals surface area contributed by atoms with Gasteiger partial charge in [-0.25, -0.2) is 4.98 Å². The Morgan fingerprint density at radius 3 is 2.82 bits per heavy atom. The fraction of sp³-hybridized carbons (Fsp3) is 0.545. The van der Waals surface area contributed by atoms with Crippen LogP contribution >= 0.6 is 0 Å². The van der Waals surface area contributed by atoms with Crippen molar-refractivity contribution in [2.75, 3.05) is 39.9 Å². The van der Waals surface area contributed by atoms with Crippen molar-refractivity contribution in [1.82, 2.24) is 14.8 Å². The van der Waals surface area contributed by atoms with Crippen molar-refractivity contribution in [3.63, 3.8) is 0 Å². The van der Waals surface area contributed by atoms with Gasteiger partial charge >= 0.3 is 0 Å². The largest absolute Gasteiger partial charge is 0.441 e. The fourth-order valence-electron chi connectivity index (χ4n) is 4.42. The van der Waals surface area contributed by atoms with E-state index in [1.165, 1.54) is 12.8 Å². The minimum Gasteiger partial charge on any atom is -0.441 e. The molecule has 3 aliphatic heterocycles. The number of benzene rings is 1. The lowest BCUT2D eigenvalue weighted by Gasteiger charge is -2.35. The van der Waals surface area contributed by atoms with E-state index in [2.05, 4.69) is 9.88 Å². The van der Waals surface area contributed by atoms with Crippen molar-refractivity contribution in [2.24, 2.45) is 5.92 Å². The van der Waals surface area contributed by atoms with Gasteiger partial charge in [0.25, 0.3) is 0 Å². The molecule has 1 aromatic carbocycles. The molecular weight excluding hydrogens is 354 g/mol. The van der Waals surface area contributed by atoms with Crippen LogP contribution < -0.4 is 0 Å². The van der Waals surface area contributed by atoms with Gasteiger partial charge in [0.15, 0.2) is 0 Å². The summed E-state index contributed by atoms with van der Waals surface area (Å²) >= 11 is 0. The molecule has 5 rings (SSSR count). The quantitative estimate of drug-likeness (QED) is 0.768. The van der Waals surface area contributed by atoms with E-state index in [9.17, 15) is 4.79 Å². The Bertz CT molecular complexity index is 805. The molecule has 0 N–H and O–H groups in total. The first kappa shape index (κ1) is 19.2. The highest BCUT2D eigenvalue weighted by atomic mass is 16.5. The molecule has 0 unspecified atom stereocenters. The lowest BCUT2D eigenvalue weighted by atomic mass is 9.95. The van der Waals surface area contributed by atoms with Crippen LogP contribution in [-0.2, 0) is 16.0 Å². The zero-order chi connectivity index (χ0) is 19.5. The summed E-state index contributed by atoms with van der Waals surface area (Å²) in [4.78, 5) is 22.2. The third kappa shape index (κ3) is 4.13. The van der Waals surface area contributed by atoms with Crippen LogP contribution in [0.15, 0.2) is 34.7 Å². The number of oxazole rings is 1. The summed E-state index contributed by atoms with van der Waals surface area (Å²) < 4.78 is 11.1. The van der Waals surface area contributed by atoms with Crippen molar-refractivity contribution in [1.29, 1.82) is 0 Å². The number of nitrogens with zero attached hydrogens (tertiary/aromatic N) is 3. The smallest absolute Gasteiger partial charge is 0.228 e. The Morgan fingerprint density at radius 1 is 1.21 bits per heavy atom. The van der Waals surface area contributed by atoms with Gasteiger partial charge in [0.1, 0.15) is 5.76 Å². The summed E-state index contributed by atoms with van der Waals surface area (Å²) in [5, 5.41) is 0. The number of ether oxygens (including phenoxy) is 1. The van der Waals surface area contributed by atoms with Crippen LogP contribution in [0, 0.1) is 12.8 Å². The summed E-state index contributed by atoms with van der Waals surface area (Å²) in [6, 6.07) is 10.3. The van der Waals surface area contributed by atoms with E-state index in [0.717, 1.165) is 49.8 Å². The van der Waals surface area contributed by atoms with Crippen LogP contribution in [0.5, 0.6) is 0 Å². The number of carbonyl (C=O) groups excluding carboxylic acids is 1. The molecule has 2 atom stereocenters. The van der Waals surface area contributed by atoms with E-state index in [-0.39, 0.29) is 5.91 Å². The fourth-order valence-corrected chi connectivity index (χ4v) is 4.42. The molecular formula is C22H29N3O3. The molecule has 0 spiro atoms. The van der Waals surface area contributed by atoms with Gasteiger partial charge in [-0.05, 0) is 37.8 Å². The van der Waals surface area contributed by atoms with Crippen LogP contribution in [0.3, 0.4) is 0 Å². The van der Waals surface area contributed by atoms with Crippen LogP contribution in [-0.4, -0.2) is 66.6 Å². The molecule has 0 radical (unpaired) electrons. The van der Waals surface area contributed by atoms with E-state index in [4.69, 9.17) is 9.15 Å². The van der Waals surface area contributed by atoms with Gasteiger partial charge in [0, 0.05) is 44.9 Å². The Balaban J connectivity index is 1.44. The third-order valence-electron chi connectivity index (χ3n) is 5.99. The number of aryl methyl sites for hydroxylation is 1. The molecule has 2 bridgehead atoms. The molecule has 1 amide bonds. The first-order chi connectivity index (χ1) is 13.6. The molecule has 0 saturated carbocycles. The average Bonchev–Trinajstić information content (AvgIpc) is 2.88. The number of hydrogen-bond acceptors (Lipinski definition) is 5. The van der Waals surface area contributed by atoms with Crippen molar-refractivity contribution < 1.29 is 13.9 Å². The van der Waals surface area contributed by atoms with Gasteiger partial charge in [-0.1, -0.05) is 18.2 Å². The van der Waals surface area contributed by atoms with Crippen molar-refractivity contribution in [3.05, 3.63) is 41.8 Å². The summed E-state index contributed by atoms with van der Waals surface area (Å²) in [5.41, 5.74) is 1.68. The maximum atomic E-state index is 13.1. The SMILES string of the molecule is COCCN1C[C@H]2CC[C@@H]1CN(C(=O)Cc1nc(-c3ccccc3)oc1C)C2. The molecule has 6 heteroatoms. The van der Waals surface area contributed by atoms with Gasteiger partial charge in [-0.2, -0.15) is 0 Å². The molecule has 6 nitrogen and oxygen atoms in total. The van der Waals surface area contributed by atoms with E-state index in [0.29, 0.717) is 24.3 Å². The van der Waals surface area contributed by atoms with Gasteiger partial charge in [0.05, 0.1) is 18.7 Å². The lowest BCUT2D eigenvalue weighted by Crippen LogP contribution is -2.45. The standard InChI is InChI=1S/C22H29N3O3/c1-16-20(23-22(28-16)18-6-4-3-5-7-18)12-21(26)25-14-17-8-9-19(15-25)24(13-17)10-11-27-2/h3-7,17,19H,8-15H2,1-2H3/t17-,19-/m1/s1. The zero-order valence-corrected chi connectivity index (χ0v) is 16.8. The monoisotopic (exact) mass is 383 g/mol. The second-order valence-electron chi connectivity index (χ2n) is 7.95. The number of carbonyl (C=O) groups is 1. The Kier molecular flexibility index (Phi) is 5.78. The highest BCUT2D eigenvalue weighted by Gasteiger charge is 2.36. The lowest BCUT2D eigenvalue weighted by molar-refractivity contribution is -0.130. The predicted molar refractivity (Wildman–Crippen MR) is 107 cm³/mol. The number of fused-ring (bicyclic) bond motifs is 4. The molecule has 3 fully saturated rings. The molecule has 0 aliphatic carbocycles. The summed E-state index contributed by atoms with van der Waals surface area (Å²) in [6.07, 6.45) is 2.68. The van der Waals surface area contributed by atoms with E-state index in [1.54, 1.807) is 7.11 Å². The van der Waals surface area contributed by atoms with Gasteiger partial charge in [0.2, 0.25) is 11.8 Å². The summed E-state index contributed by atoms with van der Waals surface area (Å²) in [7, 11) is 1.75. The first-order valence-corrected chi connectivity index (χ1v) is 10.2. The van der Waals surface area contributed by atoms with Gasteiger partial charge in [-0.15, -0.1) is 0 Å². The number of hydrogen-bond donors (Lipinski definition) is 0. The zero-order valence-electron chi connectivity index (χ0n) is 16.8. The maximum absolute atomic E-state index is 13.1. The summed E-state index contributed by atoms with van der Waals surface area (Å²) in [5.74, 6) is 2.02. The average molecular weight is 383 g/mol. The number of rotatable bonds is 6. The Hall–Kier alpha value is -2.18. The highest BCUT2D eigenvalue weighted by Crippen LogP contribution is 2.28. The number of amides is 1. The first-order valence-electron chi connectivity index (χ1n) is 10.2. The van der Waals surface area contributed by atoms with Crippen molar-refractivity contribution >= 4 is 5.91 Å². The maximum Gasteiger partial charge on any atom is 0.228 e. The van der Waals surface area contributed by atoms with E-state index in [1.807, 2.05) is 42.2 Å². The Morgan fingerprint density at radius 2 is 2.04 bits per heavy atom. The van der Waals surface area contributed by atoms with Gasteiger partial charge in [-0.3, -0.25) is 9.69 Å². The van der Waals surface area contributed by atoms with E-state index >= 15 is 0 Å². The third-order valence-corrected chi connectivity index (χ3v) is 5.99. The molecule has 28 heavy (non-hydrogen) atoms. The number of piperidine rings is 1. The normalized spacial score (nSPS) is 22.4. The molecule has 4 heterocycles. The van der Waals surface area contributed by atoms with Crippen LogP contribution in [0.4, 0.5) is 0 Å². The second-order valence-corrected chi connectivity index (χ2v) is 7.95. The van der Waals surface area contributed by atoms with Crippen molar-refractivity contribution in [2.45, 2.75) is 32.2 Å². The predicted octanol–water partition coefficient (Wildman–Crippen LogP) is 2.76. The van der Waals surface area contributed by atoms with Crippen molar-refractivity contribution in [3.8, 4) is 11.5 Å². The molecule has 150 valence electrons.